The number of aromatic nitrogens is 1. The van der Waals surface area contributed by atoms with Gasteiger partial charge in [0.2, 0.25) is 11.8 Å². The van der Waals surface area contributed by atoms with Gasteiger partial charge in [-0.05, 0) is 30.3 Å². The van der Waals surface area contributed by atoms with Crippen molar-refractivity contribution < 1.29 is 9.59 Å². The van der Waals surface area contributed by atoms with E-state index in [1.54, 1.807) is 0 Å². The van der Waals surface area contributed by atoms with E-state index in [1.807, 2.05) is 58.1 Å². The number of carbonyl (C=O) groups excluding carboxylic acids is 2. The molecular weight excluding hydrogens is 352 g/mol. The second-order valence-corrected chi connectivity index (χ2v) is 7.07. The fraction of sp³-hybridized carbons (Fsp3) is 0.273. The largest absolute Gasteiger partial charge is 0.368 e. The fourth-order valence-electron chi connectivity index (χ4n) is 3.76. The summed E-state index contributed by atoms with van der Waals surface area (Å²) in [5.74, 6) is 0.0164. The molecular formula is C22H24N4O2. The fourth-order valence-corrected chi connectivity index (χ4v) is 3.76. The van der Waals surface area contributed by atoms with Crippen molar-refractivity contribution in [2.24, 2.45) is 0 Å². The van der Waals surface area contributed by atoms with Crippen LogP contribution in [0.2, 0.25) is 0 Å². The number of rotatable bonds is 4. The average molecular weight is 376 g/mol. The van der Waals surface area contributed by atoms with Gasteiger partial charge in [-0.3, -0.25) is 9.59 Å². The van der Waals surface area contributed by atoms with Crippen LogP contribution < -0.4 is 10.2 Å². The van der Waals surface area contributed by atoms with Gasteiger partial charge in [0.15, 0.2) is 0 Å². The first-order valence-corrected chi connectivity index (χ1v) is 9.55. The molecule has 0 bridgehead atoms. The van der Waals surface area contributed by atoms with Crippen LogP contribution in [0.1, 0.15) is 6.92 Å². The standard InChI is InChI=1S/C22H24N4O2/c1-17(27)23-20-8-5-9-21-19(20)10-11-26(21)16-22(28)25-14-12-24(13-15-25)18-6-3-2-4-7-18/h2-11H,12-16H2,1H3,(H,23,27). The number of carbonyl (C=O) groups is 2. The van der Waals surface area contributed by atoms with Crippen molar-refractivity contribution in [3.63, 3.8) is 0 Å². The Bertz CT molecular complexity index is 988. The van der Waals surface area contributed by atoms with E-state index in [2.05, 4.69) is 22.3 Å². The lowest BCUT2D eigenvalue weighted by atomic mass is 10.2. The van der Waals surface area contributed by atoms with E-state index in [1.165, 1.54) is 12.6 Å². The number of amides is 2. The molecule has 1 aromatic heterocycles. The van der Waals surface area contributed by atoms with E-state index in [0.717, 1.165) is 42.8 Å². The lowest BCUT2D eigenvalue weighted by Crippen LogP contribution is -2.49. The molecule has 6 nitrogen and oxygen atoms in total. The average Bonchev–Trinajstić information content (AvgIpc) is 3.12. The lowest BCUT2D eigenvalue weighted by molar-refractivity contribution is -0.132. The normalized spacial score (nSPS) is 14.3. The second kappa shape index (κ2) is 7.76. The molecule has 2 aromatic carbocycles. The molecule has 2 amide bonds. The number of nitrogens with zero attached hydrogens (tertiary/aromatic N) is 3. The van der Waals surface area contributed by atoms with Gasteiger partial charge in [0.25, 0.3) is 0 Å². The lowest BCUT2D eigenvalue weighted by Gasteiger charge is -2.36. The summed E-state index contributed by atoms with van der Waals surface area (Å²) >= 11 is 0. The Morgan fingerprint density at radius 2 is 1.68 bits per heavy atom. The molecule has 0 radical (unpaired) electrons. The molecule has 0 aliphatic carbocycles. The van der Waals surface area contributed by atoms with Gasteiger partial charge in [-0.1, -0.05) is 24.3 Å². The summed E-state index contributed by atoms with van der Waals surface area (Å²) in [5, 5.41) is 3.79. The molecule has 1 aliphatic rings. The third kappa shape index (κ3) is 3.71. The van der Waals surface area contributed by atoms with Gasteiger partial charge in [0.05, 0.1) is 11.2 Å². The number of hydrogen-bond donors (Lipinski definition) is 1. The minimum absolute atomic E-state index is 0.104. The van der Waals surface area contributed by atoms with Crippen molar-refractivity contribution in [1.82, 2.24) is 9.47 Å². The van der Waals surface area contributed by atoms with Crippen molar-refractivity contribution in [1.29, 1.82) is 0 Å². The molecule has 1 aliphatic heterocycles. The van der Waals surface area contributed by atoms with Crippen LogP contribution in [0.3, 0.4) is 0 Å². The van der Waals surface area contributed by atoms with Crippen LogP contribution in [0.5, 0.6) is 0 Å². The highest BCUT2D eigenvalue weighted by molar-refractivity contribution is 6.01. The first-order chi connectivity index (χ1) is 13.6. The van der Waals surface area contributed by atoms with Gasteiger partial charge >= 0.3 is 0 Å². The number of anilines is 2. The van der Waals surface area contributed by atoms with E-state index < -0.39 is 0 Å². The molecule has 1 fully saturated rings. The summed E-state index contributed by atoms with van der Waals surface area (Å²) < 4.78 is 1.95. The molecule has 4 rings (SSSR count). The monoisotopic (exact) mass is 376 g/mol. The maximum Gasteiger partial charge on any atom is 0.242 e. The summed E-state index contributed by atoms with van der Waals surface area (Å²) in [4.78, 5) is 28.5. The SMILES string of the molecule is CC(=O)Nc1cccc2c1ccn2CC(=O)N1CCN(c2ccccc2)CC1. The molecule has 3 aromatic rings. The highest BCUT2D eigenvalue weighted by Gasteiger charge is 2.21. The van der Waals surface area contributed by atoms with Crippen LogP contribution in [0.4, 0.5) is 11.4 Å². The topological polar surface area (TPSA) is 57.6 Å². The van der Waals surface area contributed by atoms with E-state index in [9.17, 15) is 9.59 Å². The number of fused-ring (bicyclic) bond motifs is 1. The molecule has 0 unspecified atom stereocenters. The molecule has 0 atom stereocenters. The summed E-state index contributed by atoms with van der Waals surface area (Å²) in [6.07, 6.45) is 1.91. The molecule has 144 valence electrons. The summed E-state index contributed by atoms with van der Waals surface area (Å²) in [6.45, 7) is 4.94. The number of benzene rings is 2. The van der Waals surface area contributed by atoms with Crippen LogP contribution in [-0.2, 0) is 16.1 Å². The van der Waals surface area contributed by atoms with Gasteiger partial charge in [-0.2, -0.15) is 0 Å². The van der Waals surface area contributed by atoms with Crippen molar-refractivity contribution >= 4 is 34.1 Å². The van der Waals surface area contributed by atoms with Crippen LogP contribution in [-0.4, -0.2) is 47.5 Å². The van der Waals surface area contributed by atoms with E-state index >= 15 is 0 Å². The Labute approximate surface area is 164 Å². The zero-order valence-corrected chi connectivity index (χ0v) is 16.0. The van der Waals surface area contributed by atoms with E-state index in [0.29, 0.717) is 6.54 Å². The van der Waals surface area contributed by atoms with Gasteiger partial charge < -0.3 is 19.7 Å². The molecule has 1 N–H and O–H groups in total. The third-order valence-corrected chi connectivity index (χ3v) is 5.18. The zero-order valence-electron chi connectivity index (χ0n) is 16.0. The van der Waals surface area contributed by atoms with Crippen LogP contribution in [0, 0.1) is 0 Å². The van der Waals surface area contributed by atoms with E-state index in [4.69, 9.17) is 0 Å². The molecule has 0 spiro atoms. The number of nitrogens with one attached hydrogen (secondary N) is 1. The quantitative estimate of drug-likeness (QED) is 0.762. The van der Waals surface area contributed by atoms with Gasteiger partial charge in [-0.15, -0.1) is 0 Å². The Hall–Kier alpha value is -3.28. The zero-order chi connectivity index (χ0) is 19.5. The first-order valence-electron chi connectivity index (χ1n) is 9.55. The molecule has 1 saturated heterocycles. The van der Waals surface area contributed by atoms with Crippen LogP contribution >= 0.6 is 0 Å². The predicted molar refractivity (Wildman–Crippen MR) is 111 cm³/mol. The van der Waals surface area contributed by atoms with E-state index in [-0.39, 0.29) is 11.8 Å². The summed E-state index contributed by atoms with van der Waals surface area (Å²) in [5.41, 5.74) is 2.92. The van der Waals surface area contributed by atoms with Crippen LogP contribution in [0.25, 0.3) is 10.9 Å². The molecule has 0 saturated carbocycles. The van der Waals surface area contributed by atoms with Gasteiger partial charge in [-0.25, -0.2) is 0 Å². The summed E-state index contributed by atoms with van der Waals surface area (Å²) in [7, 11) is 0. The summed E-state index contributed by atoms with van der Waals surface area (Å²) in [6, 6.07) is 18.0. The highest BCUT2D eigenvalue weighted by atomic mass is 16.2. The first kappa shape index (κ1) is 18.1. The Kier molecular flexibility index (Phi) is 5.02. The molecule has 28 heavy (non-hydrogen) atoms. The van der Waals surface area contributed by atoms with Gasteiger partial charge in [0.1, 0.15) is 6.54 Å². The van der Waals surface area contributed by atoms with Crippen LogP contribution in [0.15, 0.2) is 60.8 Å². The molecule has 6 heteroatoms. The predicted octanol–water partition coefficient (Wildman–Crippen LogP) is 2.95. The Morgan fingerprint density at radius 3 is 2.39 bits per heavy atom. The minimum atomic E-state index is -0.104. The second-order valence-electron chi connectivity index (χ2n) is 7.07. The van der Waals surface area contributed by atoms with Crippen molar-refractivity contribution in [3.05, 3.63) is 60.8 Å². The third-order valence-electron chi connectivity index (χ3n) is 5.18. The van der Waals surface area contributed by atoms with Gasteiger partial charge in [0, 0.05) is 50.4 Å². The Morgan fingerprint density at radius 1 is 0.929 bits per heavy atom. The number of piperazine rings is 1. The smallest absolute Gasteiger partial charge is 0.242 e. The van der Waals surface area contributed by atoms with Crippen molar-refractivity contribution in [2.45, 2.75) is 13.5 Å². The Balaban J connectivity index is 1.42. The minimum Gasteiger partial charge on any atom is -0.368 e. The highest BCUT2D eigenvalue weighted by Crippen LogP contribution is 2.25. The number of para-hydroxylation sites is 1. The van der Waals surface area contributed by atoms with Crippen molar-refractivity contribution in [3.8, 4) is 0 Å². The van der Waals surface area contributed by atoms with Crippen molar-refractivity contribution in [2.75, 3.05) is 36.4 Å². The maximum atomic E-state index is 12.8. The number of hydrogen-bond acceptors (Lipinski definition) is 3. The maximum absolute atomic E-state index is 12.8. The molecule has 2 heterocycles.